The number of halogens is 1. The van der Waals surface area contributed by atoms with Crippen LogP contribution in [0.1, 0.15) is 0 Å². The van der Waals surface area contributed by atoms with Crippen LogP contribution in [-0.2, 0) is 17.1 Å². The molecule has 0 aromatic carbocycles. The standard InChI is InChI=1S/ClH.Fe.5H2O/h1H;;5*1H2. The maximum atomic E-state index is 0. The third-order valence-corrected chi connectivity index (χ3v) is 0. The molecule has 0 atom stereocenters. The first-order valence-corrected chi connectivity index (χ1v) is 0. The average molecular weight is 182 g/mol. The van der Waals surface area contributed by atoms with Crippen molar-refractivity contribution in [2.24, 2.45) is 0 Å². The Morgan fingerprint density at radius 1 is 0.429 bits per heavy atom. The van der Waals surface area contributed by atoms with Crippen LogP contribution in [0.15, 0.2) is 0 Å². The second-order valence-corrected chi connectivity index (χ2v) is 0. The summed E-state index contributed by atoms with van der Waals surface area (Å²) >= 11 is 0. The Kier molecular flexibility index (Phi) is 71600. The largest absolute Gasteiger partial charge is 0.412 e. The smallest absolute Gasteiger partial charge is 0 e. The van der Waals surface area contributed by atoms with Crippen LogP contribution in [0.25, 0.3) is 0 Å². The fourth-order valence-corrected chi connectivity index (χ4v) is 0. The third-order valence-electron chi connectivity index (χ3n) is 0. The van der Waals surface area contributed by atoms with Crippen LogP contribution in [0.3, 0.4) is 0 Å². The van der Waals surface area contributed by atoms with E-state index in [1.165, 1.54) is 0 Å². The summed E-state index contributed by atoms with van der Waals surface area (Å²) in [5.74, 6) is 0. The monoisotopic (exact) mass is 182 g/mol. The molecule has 0 spiro atoms. The molecule has 0 heterocycles. The minimum atomic E-state index is 0. The van der Waals surface area contributed by atoms with Crippen LogP contribution in [0.5, 0.6) is 0 Å². The molecule has 7 heavy (non-hydrogen) atoms. The molecule has 0 aliphatic heterocycles. The fraction of sp³-hybridized carbons (Fsp3) is 0. The molecular formula is H11ClFeO5. The second kappa shape index (κ2) is 560. The Morgan fingerprint density at radius 2 is 0.429 bits per heavy atom. The first kappa shape index (κ1) is 895. The van der Waals surface area contributed by atoms with Crippen LogP contribution in [0, 0.1) is 0 Å². The van der Waals surface area contributed by atoms with E-state index in [-0.39, 0.29) is 56.9 Å². The molecule has 0 fully saturated rings. The van der Waals surface area contributed by atoms with Crippen LogP contribution >= 0.6 is 12.4 Å². The molecule has 0 aliphatic rings. The van der Waals surface area contributed by atoms with E-state index in [1.807, 2.05) is 0 Å². The fourth-order valence-electron chi connectivity index (χ4n) is 0. The molecule has 0 bridgehead atoms. The van der Waals surface area contributed by atoms with E-state index in [0.717, 1.165) is 0 Å². The molecule has 0 saturated heterocycles. The van der Waals surface area contributed by atoms with Crippen molar-refractivity contribution in [1.29, 1.82) is 0 Å². The van der Waals surface area contributed by atoms with Gasteiger partial charge in [-0.1, -0.05) is 0 Å². The Labute approximate surface area is 57.5 Å². The van der Waals surface area contributed by atoms with Gasteiger partial charge in [-0.3, -0.25) is 0 Å². The van der Waals surface area contributed by atoms with Crippen LogP contribution in [0.2, 0.25) is 0 Å². The van der Waals surface area contributed by atoms with Gasteiger partial charge in [0.25, 0.3) is 0 Å². The van der Waals surface area contributed by atoms with Gasteiger partial charge in [0.15, 0.2) is 0 Å². The van der Waals surface area contributed by atoms with Crippen molar-refractivity contribution in [3.05, 3.63) is 0 Å². The molecule has 0 radical (unpaired) electrons. The van der Waals surface area contributed by atoms with Crippen molar-refractivity contribution < 1.29 is 44.4 Å². The zero-order valence-electron chi connectivity index (χ0n) is 3.26. The molecule has 0 saturated carbocycles. The van der Waals surface area contributed by atoms with Gasteiger partial charge in [-0.25, -0.2) is 0 Å². The number of hydrogen-bond acceptors (Lipinski definition) is 0. The van der Waals surface area contributed by atoms with E-state index in [1.54, 1.807) is 0 Å². The molecular weight excluding hydrogens is 171 g/mol. The van der Waals surface area contributed by atoms with Crippen molar-refractivity contribution in [3.63, 3.8) is 0 Å². The predicted octanol–water partition coefficient (Wildman–Crippen LogP) is -3.70. The zero-order valence-corrected chi connectivity index (χ0v) is 5.18. The molecule has 7 heteroatoms. The molecule has 0 aromatic rings. The van der Waals surface area contributed by atoms with Crippen molar-refractivity contribution in [2.75, 3.05) is 0 Å². The number of rotatable bonds is 0. The Hall–Kier alpha value is 0.609. The van der Waals surface area contributed by atoms with E-state index in [0.29, 0.717) is 0 Å². The molecule has 10 N–H and O–H groups in total. The Bertz CT molecular complexity index is 8.04. The van der Waals surface area contributed by atoms with Crippen molar-refractivity contribution >= 4 is 12.4 Å². The summed E-state index contributed by atoms with van der Waals surface area (Å²) in [4.78, 5) is 0. The topological polar surface area (TPSA) is 158 Å². The predicted molar refractivity (Wildman–Crippen MR) is 25.3 cm³/mol. The van der Waals surface area contributed by atoms with Crippen LogP contribution in [0.4, 0.5) is 0 Å². The van der Waals surface area contributed by atoms with Gasteiger partial charge in [0, 0.05) is 17.1 Å². The third kappa shape index (κ3) is 378. The van der Waals surface area contributed by atoms with Crippen molar-refractivity contribution in [3.8, 4) is 0 Å². The van der Waals surface area contributed by atoms with Crippen molar-refractivity contribution in [2.45, 2.75) is 0 Å². The SMILES string of the molecule is Cl.O.O.O.O.O.[Fe]. The molecule has 0 aliphatic carbocycles. The van der Waals surface area contributed by atoms with Gasteiger partial charge in [0.05, 0.1) is 0 Å². The molecule has 5 nitrogen and oxygen atoms in total. The minimum absolute atomic E-state index is 0. The Morgan fingerprint density at radius 3 is 0.429 bits per heavy atom. The van der Waals surface area contributed by atoms with Gasteiger partial charge in [-0.15, -0.1) is 12.4 Å². The quantitative estimate of drug-likeness (QED) is 0.338. The molecule has 0 amide bonds. The maximum Gasteiger partial charge on any atom is 0 e. The van der Waals surface area contributed by atoms with E-state index in [2.05, 4.69) is 0 Å². The summed E-state index contributed by atoms with van der Waals surface area (Å²) in [5, 5.41) is 0. The van der Waals surface area contributed by atoms with Gasteiger partial charge in [-0.05, 0) is 0 Å². The average Bonchev–Trinajstić information content (AvgIpc) is 0. The van der Waals surface area contributed by atoms with E-state index >= 15 is 0 Å². The summed E-state index contributed by atoms with van der Waals surface area (Å²) in [5.41, 5.74) is 0. The molecule has 56 valence electrons. The van der Waals surface area contributed by atoms with E-state index in [9.17, 15) is 0 Å². The van der Waals surface area contributed by atoms with Crippen LogP contribution < -0.4 is 0 Å². The molecule has 0 rings (SSSR count). The summed E-state index contributed by atoms with van der Waals surface area (Å²) in [6.45, 7) is 0. The minimum Gasteiger partial charge on any atom is -0.412 e. The maximum absolute atomic E-state index is 0. The van der Waals surface area contributed by atoms with E-state index in [4.69, 9.17) is 0 Å². The second-order valence-electron chi connectivity index (χ2n) is 0. The summed E-state index contributed by atoms with van der Waals surface area (Å²) in [7, 11) is 0. The van der Waals surface area contributed by atoms with Crippen LogP contribution in [-0.4, -0.2) is 27.4 Å². The normalized spacial score (nSPS) is 0. The van der Waals surface area contributed by atoms with Crippen molar-refractivity contribution in [1.82, 2.24) is 0 Å². The summed E-state index contributed by atoms with van der Waals surface area (Å²) in [6.07, 6.45) is 0. The Balaban J connectivity index is 0. The van der Waals surface area contributed by atoms with Gasteiger partial charge in [-0.2, -0.15) is 0 Å². The first-order valence-electron chi connectivity index (χ1n) is 0. The first-order chi connectivity index (χ1) is 0. The summed E-state index contributed by atoms with van der Waals surface area (Å²) < 4.78 is 0. The van der Waals surface area contributed by atoms with Gasteiger partial charge in [0.1, 0.15) is 0 Å². The molecule has 0 unspecified atom stereocenters. The number of hydrogen-bond donors (Lipinski definition) is 0. The zero-order chi connectivity index (χ0) is 0. The van der Waals surface area contributed by atoms with Gasteiger partial charge in [0.2, 0.25) is 0 Å². The van der Waals surface area contributed by atoms with Gasteiger partial charge < -0.3 is 27.4 Å². The molecule has 0 aromatic heterocycles. The van der Waals surface area contributed by atoms with E-state index < -0.39 is 0 Å². The summed E-state index contributed by atoms with van der Waals surface area (Å²) in [6, 6.07) is 0. The van der Waals surface area contributed by atoms with Gasteiger partial charge >= 0.3 is 0 Å².